The molecule has 15 heavy (non-hydrogen) atoms. The van der Waals surface area contributed by atoms with Crippen LogP contribution in [0.3, 0.4) is 0 Å². The Hall–Kier alpha value is -1.42. The van der Waals surface area contributed by atoms with Crippen LogP contribution in [0.1, 0.15) is 5.56 Å². The highest BCUT2D eigenvalue weighted by molar-refractivity contribution is 5.74. The average Bonchev–Trinajstić information content (AvgIpc) is 2.14. The topological polar surface area (TPSA) is 38.3 Å². The van der Waals surface area contributed by atoms with E-state index in [2.05, 4.69) is 5.32 Å². The summed E-state index contributed by atoms with van der Waals surface area (Å²) >= 11 is 0. The van der Waals surface area contributed by atoms with E-state index in [4.69, 9.17) is 4.74 Å². The fourth-order valence-electron chi connectivity index (χ4n) is 1.34. The monoisotopic (exact) mass is 209 g/mol. The van der Waals surface area contributed by atoms with Gasteiger partial charge in [0.05, 0.1) is 5.92 Å². The standard InChI is InChI=1S/C11H12FNO2/c12-10-4-2-1-3-8(10)7-15-11(14)9-5-13-6-9/h1-4,9,13H,5-7H2. The normalized spacial score (nSPS) is 15.8. The van der Waals surface area contributed by atoms with E-state index in [9.17, 15) is 9.18 Å². The van der Waals surface area contributed by atoms with Crippen LogP contribution in [-0.2, 0) is 16.1 Å². The summed E-state index contributed by atoms with van der Waals surface area (Å²) in [5.74, 6) is -0.647. The Morgan fingerprint density at radius 2 is 2.20 bits per heavy atom. The summed E-state index contributed by atoms with van der Waals surface area (Å²) in [6.07, 6.45) is 0. The van der Waals surface area contributed by atoms with Gasteiger partial charge in [0.25, 0.3) is 0 Å². The van der Waals surface area contributed by atoms with Gasteiger partial charge in [0, 0.05) is 18.7 Å². The maximum atomic E-state index is 13.1. The Morgan fingerprint density at radius 3 is 2.80 bits per heavy atom. The second-order valence-corrected chi connectivity index (χ2v) is 3.55. The number of esters is 1. The zero-order chi connectivity index (χ0) is 10.7. The molecule has 0 aromatic heterocycles. The molecule has 3 nitrogen and oxygen atoms in total. The second kappa shape index (κ2) is 4.40. The molecule has 1 heterocycles. The van der Waals surface area contributed by atoms with E-state index in [-0.39, 0.29) is 24.3 Å². The predicted octanol–water partition coefficient (Wildman–Crippen LogP) is 1.09. The third-order valence-electron chi connectivity index (χ3n) is 2.44. The Bertz CT molecular complexity index is 363. The molecule has 1 aliphatic heterocycles. The third kappa shape index (κ3) is 2.33. The molecular weight excluding hydrogens is 197 g/mol. The molecule has 2 rings (SSSR count). The van der Waals surface area contributed by atoms with Crippen molar-refractivity contribution < 1.29 is 13.9 Å². The predicted molar refractivity (Wildman–Crippen MR) is 52.6 cm³/mol. The zero-order valence-corrected chi connectivity index (χ0v) is 8.20. The van der Waals surface area contributed by atoms with Gasteiger partial charge in [-0.2, -0.15) is 0 Å². The molecule has 0 amide bonds. The lowest BCUT2D eigenvalue weighted by molar-refractivity contribution is -0.151. The largest absolute Gasteiger partial charge is 0.460 e. The van der Waals surface area contributed by atoms with Gasteiger partial charge in [-0.3, -0.25) is 4.79 Å². The maximum Gasteiger partial charge on any atom is 0.311 e. The summed E-state index contributed by atoms with van der Waals surface area (Å²) in [4.78, 5) is 11.3. The molecule has 80 valence electrons. The Balaban J connectivity index is 1.87. The van der Waals surface area contributed by atoms with Crippen LogP contribution in [-0.4, -0.2) is 19.1 Å². The SMILES string of the molecule is O=C(OCc1ccccc1F)C1CNC1. The lowest BCUT2D eigenvalue weighted by Gasteiger charge is -2.24. The molecule has 1 N–H and O–H groups in total. The van der Waals surface area contributed by atoms with Crippen molar-refractivity contribution >= 4 is 5.97 Å². The van der Waals surface area contributed by atoms with Crippen LogP contribution in [0.15, 0.2) is 24.3 Å². The van der Waals surface area contributed by atoms with Crippen molar-refractivity contribution in [1.29, 1.82) is 0 Å². The van der Waals surface area contributed by atoms with E-state index in [1.54, 1.807) is 18.2 Å². The van der Waals surface area contributed by atoms with Gasteiger partial charge < -0.3 is 10.1 Å². The first-order valence-electron chi connectivity index (χ1n) is 4.88. The van der Waals surface area contributed by atoms with Crippen molar-refractivity contribution in [3.05, 3.63) is 35.6 Å². The van der Waals surface area contributed by atoms with E-state index in [1.807, 2.05) is 0 Å². The number of ether oxygens (including phenoxy) is 1. The Morgan fingerprint density at radius 1 is 1.47 bits per heavy atom. The summed E-state index contributed by atoms with van der Waals surface area (Å²) in [7, 11) is 0. The van der Waals surface area contributed by atoms with Gasteiger partial charge in [0.15, 0.2) is 0 Å². The molecular formula is C11H12FNO2. The van der Waals surface area contributed by atoms with Crippen LogP contribution in [0, 0.1) is 11.7 Å². The molecule has 4 heteroatoms. The lowest BCUT2D eigenvalue weighted by atomic mass is 10.0. The van der Waals surface area contributed by atoms with E-state index < -0.39 is 0 Å². The van der Waals surface area contributed by atoms with E-state index in [0.29, 0.717) is 18.7 Å². The highest BCUT2D eigenvalue weighted by Gasteiger charge is 2.26. The number of rotatable bonds is 3. The van der Waals surface area contributed by atoms with Crippen molar-refractivity contribution in [1.82, 2.24) is 5.32 Å². The molecule has 0 spiro atoms. The number of carbonyl (C=O) groups is 1. The van der Waals surface area contributed by atoms with Crippen LogP contribution < -0.4 is 5.32 Å². The molecule has 1 saturated heterocycles. The van der Waals surface area contributed by atoms with Crippen molar-refractivity contribution in [2.75, 3.05) is 13.1 Å². The van der Waals surface area contributed by atoms with E-state index in [1.165, 1.54) is 6.07 Å². The quantitative estimate of drug-likeness (QED) is 0.757. The van der Waals surface area contributed by atoms with Gasteiger partial charge in [-0.05, 0) is 6.07 Å². The number of nitrogens with one attached hydrogen (secondary N) is 1. The first-order valence-corrected chi connectivity index (χ1v) is 4.88. The summed E-state index contributed by atoms with van der Waals surface area (Å²) in [6, 6.07) is 6.30. The van der Waals surface area contributed by atoms with Crippen LogP contribution in [0.4, 0.5) is 4.39 Å². The molecule has 0 aliphatic carbocycles. The molecule has 0 atom stereocenters. The van der Waals surface area contributed by atoms with Crippen LogP contribution in [0.5, 0.6) is 0 Å². The Kier molecular flexibility index (Phi) is 2.97. The fourth-order valence-corrected chi connectivity index (χ4v) is 1.34. The average molecular weight is 209 g/mol. The molecule has 1 fully saturated rings. The highest BCUT2D eigenvalue weighted by Crippen LogP contribution is 2.11. The Labute approximate surface area is 87.2 Å². The minimum absolute atomic E-state index is 0.0159. The molecule has 0 saturated carbocycles. The lowest BCUT2D eigenvalue weighted by Crippen LogP contribution is -2.47. The summed E-state index contributed by atoms with van der Waals surface area (Å²) in [5, 5.41) is 2.98. The van der Waals surface area contributed by atoms with Gasteiger partial charge in [0.1, 0.15) is 12.4 Å². The van der Waals surface area contributed by atoms with E-state index >= 15 is 0 Å². The minimum Gasteiger partial charge on any atom is -0.460 e. The number of hydrogen-bond donors (Lipinski definition) is 1. The van der Waals surface area contributed by atoms with Crippen LogP contribution >= 0.6 is 0 Å². The van der Waals surface area contributed by atoms with Crippen molar-refractivity contribution in [2.45, 2.75) is 6.61 Å². The number of hydrogen-bond acceptors (Lipinski definition) is 3. The molecule has 1 aromatic rings. The van der Waals surface area contributed by atoms with Crippen LogP contribution in [0.2, 0.25) is 0 Å². The van der Waals surface area contributed by atoms with Crippen molar-refractivity contribution in [3.63, 3.8) is 0 Å². The first kappa shape index (κ1) is 10.1. The number of benzene rings is 1. The summed E-state index contributed by atoms with van der Waals surface area (Å²) in [6.45, 7) is 1.34. The minimum atomic E-state index is -0.336. The van der Waals surface area contributed by atoms with Gasteiger partial charge in [-0.25, -0.2) is 4.39 Å². The highest BCUT2D eigenvalue weighted by atomic mass is 19.1. The number of halogens is 1. The second-order valence-electron chi connectivity index (χ2n) is 3.55. The summed E-state index contributed by atoms with van der Waals surface area (Å²) in [5.41, 5.74) is 0.415. The smallest absolute Gasteiger partial charge is 0.311 e. The molecule has 0 bridgehead atoms. The first-order chi connectivity index (χ1) is 7.27. The van der Waals surface area contributed by atoms with Gasteiger partial charge in [-0.15, -0.1) is 0 Å². The summed E-state index contributed by atoms with van der Waals surface area (Å²) < 4.78 is 18.1. The molecule has 0 radical (unpaired) electrons. The maximum absolute atomic E-state index is 13.1. The van der Waals surface area contributed by atoms with E-state index in [0.717, 1.165) is 0 Å². The molecule has 1 aromatic carbocycles. The third-order valence-corrected chi connectivity index (χ3v) is 2.44. The van der Waals surface area contributed by atoms with Gasteiger partial charge in [-0.1, -0.05) is 18.2 Å². The molecule has 0 unspecified atom stereocenters. The van der Waals surface area contributed by atoms with Crippen LogP contribution in [0.25, 0.3) is 0 Å². The van der Waals surface area contributed by atoms with Crippen molar-refractivity contribution in [3.8, 4) is 0 Å². The van der Waals surface area contributed by atoms with Gasteiger partial charge >= 0.3 is 5.97 Å². The fraction of sp³-hybridized carbons (Fsp3) is 0.364. The van der Waals surface area contributed by atoms with Gasteiger partial charge in [0.2, 0.25) is 0 Å². The van der Waals surface area contributed by atoms with Crippen molar-refractivity contribution in [2.24, 2.45) is 5.92 Å². The zero-order valence-electron chi connectivity index (χ0n) is 8.20. The molecule has 1 aliphatic rings. The number of carbonyl (C=O) groups excluding carboxylic acids is 1.